The van der Waals surface area contributed by atoms with Crippen LogP contribution in [0.3, 0.4) is 0 Å². The van der Waals surface area contributed by atoms with Crippen LogP contribution in [0.1, 0.15) is 96.9 Å². The van der Waals surface area contributed by atoms with E-state index in [0.29, 0.717) is 11.5 Å². The summed E-state index contributed by atoms with van der Waals surface area (Å²) in [5.74, 6) is 0.713. The molecule has 0 saturated heterocycles. The highest BCUT2D eigenvalue weighted by Crippen LogP contribution is 2.43. The second-order valence-corrected chi connectivity index (χ2v) is 10.4. The van der Waals surface area contributed by atoms with Crippen LogP contribution in [0.2, 0.25) is 0 Å². The Bertz CT molecular complexity index is 756. The first-order valence-corrected chi connectivity index (χ1v) is 10.5. The zero-order valence-corrected chi connectivity index (χ0v) is 19.0. The molecule has 0 amide bonds. The average Bonchev–Trinajstić information content (AvgIpc) is 2.58. The van der Waals surface area contributed by atoms with Gasteiger partial charge in [0.25, 0.3) is 0 Å². The van der Waals surface area contributed by atoms with Gasteiger partial charge in [0.2, 0.25) is 0 Å². The highest BCUT2D eigenvalue weighted by molar-refractivity contribution is 5.50. The third kappa shape index (κ3) is 4.54. The summed E-state index contributed by atoms with van der Waals surface area (Å²) >= 11 is 0. The minimum atomic E-state index is -0.183. The second-order valence-electron chi connectivity index (χ2n) is 10.4. The van der Waals surface area contributed by atoms with Gasteiger partial charge in [-0.05, 0) is 51.6 Å². The van der Waals surface area contributed by atoms with Crippen LogP contribution in [0, 0.1) is 0 Å². The highest BCUT2D eigenvalue weighted by Gasteiger charge is 2.32. The fraction of sp³-hybridized carbons (Fsp3) is 0.538. The van der Waals surface area contributed by atoms with Crippen LogP contribution in [0.25, 0.3) is 0 Å². The first-order chi connectivity index (χ1) is 12.8. The molecule has 0 aliphatic heterocycles. The van der Waals surface area contributed by atoms with Crippen LogP contribution >= 0.6 is 0 Å². The van der Waals surface area contributed by atoms with E-state index in [1.807, 2.05) is 12.1 Å². The number of hydrogen-bond acceptors (Lipinski definition) is 2. The van der Waals surface area contributed by atoms with Crippen LogP contribution in [-0.4, -0.2) is 10.2 Å². The number of aromatic hydroxyl groups is 2. The topological polar surface area (TPSA) is 40.5 Å². The van der Waals surface area contributed by atoms with Crippen LogP contribution in [0.4, 0.5) is 0 Å². The summed E-state index contributed by atoms with van der Waals surface area (Å²) in [6.07, 6.45) is 3.27. The van der Waals surface area contributed by atoms with Crippen molar-refractivity contribution in [3.8, 4) is 11.5 Å². The van der Waals surface area contributed by atoms with Crippen molar-refractivity contribution in [1.82, 2.24) is 0 Å². The predicted octanol–water partition coefficient (Wildman–Crippen LogP) is 7.19. The standard InChI is InChI=1S/C26H38O2/c1-9-10-15-26(8,18-11-13-22(27)20(16-18)24(2,3)4)19-12-14-23(28)21(17-19)25(5,6)7/h11-14,16-17,27-28H,9-10,15H2,1-8H3. The van der Waals surface area contributed by atoms with Crippen molar-refractivity contribution < 1.29 is 10.2 Å². The molecule has 0 aliphatic rings. The van der Waals surface area contributed by atoms with E-state index in [1.54, 1.807) is 0 Å². The third-order valence-corrected chi connectivity index (χ3v) is 5.91. The van der Waals surface area contributed by atoms with Gasteiger partial charge in [-0.15, -0.1) is 0 Å². The summed E-state index contributed by atoms with van der Waals surface area (Å²) < 4.78 is 0. The van der Waals surface area contributed by atoms with Crippen molar-refractivity contribution in [1.29, 1.82) is 0 Å². The van der Waals surface area contributed by atoms with E-state index >= 15 is 0 Å². The Balaban J connectivity index is 2.70. The van der Waals surface area contributed by atoms with E-state index in [4.69, 9.17) is 0 Å². The quantitative estimate of drug-likeness (QED) is 0.574. The number of phenolic OH excluding ortho intramolecular Hbond substituents is 2. The Hall–Kier alpha value is -1.96. The van der Waals surface area contributed by atoms with Gasteiger partial charge in [-0.3, -0.25) is 0 Å². The predicted molar refractivity (Wildman–Crippen MR) is 120 cm³/mol. The lowest BCUT2D eigenvalue weighted by atomic mass is 9.70. The second kappa shape index (κ2) is 7.81. The Morgan fingerprint density at radius 2 is 1.07 bits per heavy atom. The molecule has 2 rings (SSSR count). The van der Waals surface area contributed by atoms with Crippen molar-refractivity contribution in [2.45, 2.75) is 90.9 Å². The van der Waals surface area contributed by atoms with Crippen molar-refractivity contribution in [3.05, 3.63) is 58.7 Å². The van der Waals surface area contributed by atoms with Crippen LogP contribution in [0.15, 0.2) is 36.4 Å². The molecule has 0 aliphatic carbocycles. The van der Waals surface area contributed by atoms with Crippen LogP contribution in [-0.2, 0) is 16.2 Å². The molecular formula is C26H38O2. The van der Waals surface area contributed by atoms with E-state index in [9.17, 15) is 10.2 Å². The number of unbranched alkanes of at least 4 members (excludes halogenated alkanes) is 1. The fourth-order valence-corrected chi connectivity index (χ4v) is 3.95. The molecule has 154 valence electrons. The molecule has 0 atom stereocenters. The summed E-state index contributed by atoms with van der Waals surface area (Å²) in [5, 5.41) is 20.9. The van der Waals surface area contributed by atoms with Gasteiger partial charge >= 0.3 is 0 Å². The van der Waals surface area contributed by atoms with E-state index in [2.05, 4.69) is 79.7 Å². The van der Waals surface area contributed by atoms with Gasteiger partial charge < -0.3 is 10.2 Å². The SMILES string of the molecule is CCCCC(C)(c1ccc(O)c(C(C)(C)C)c1)c1ccc(O)c(C(C)(C)C)c1. The molecule has 28 heavy (non-hydrogen) atoms. The fourth-order valence-electron chi connectivity index (χ4n) is 3.95. The van der Waals surface area contributed by atoms with E-state index in [0.717, 1.165) is 30.4 Å². The smallest absolute Gasteiger partial charge is 0.119 e. The summed E-state index contributed by atoms with van der Waals surface area (Å²) in [6.45, 7) is 17.3. The molecule has 2 heteroatoms. The summed E-state index contributed by atoms with van der Waals surface area (Å²) in [4.78, 5) is 0. The number of benzene rings is 2. The zero-order chi connectivity index (χ0) is 21.3. The largest absolute Gasteiger partial charge is 0.508 e. The van der Waals surface area contributed by atoms with Gasteiger partial charge in [0, 0.05) is 5.41 Å². The first-order valence-electron chi connectivity index (χ1n) is 10.5. The molecule has 2 aromatic rings. The molecule has 0 heterocycles. The Kier molecular flexibility index (Phi) is 6.23. The third-order valence-electron chi connectivity index (χ3n) is 5.91. The van der Waals surface area contributed by atoms with Gasteiger partial charge in [-0.1, -0.05) is 92.5 Å². The van der Waals surface area contributed by atoms with Crippen molar-refractivity contribution in [2.75, 3.05) is 0 Å². The summed E-state index contributed by atoms with van der Waals surface area (Å²) in [5.41, 5.74) is 3.94. The Morgan fingerprint density at radius 3 is 1.39 bits per heavy atom. The molecule has 0 fully saturated rings. The van der Waals surface area contributed by atoms with E-state index in [-0.39, 0.29) is 16.2 Å². The molecule has 0 unspecified atom stereocenters. The lowest BCUT2D eigenvalue weighted by molar-refractivity contribution is 0.438. The zero-order valence-electron chi connectivity index (χ0n) is 19.0. The van der Waals surface area contributed by atoms with Gasteiger partial charge in [0.15, 0.2) is 0 Å². The van der Waals surface area contributed by atoms with E-state index < -0.39 is 0 Å². The molecule has 2 N–H and O–H groups in total. The van der Waals surface area contributed by atoms with Gasteiger partial charge in [-0.2, -0.15) is 0 Å². The highest BCUT2D eigenvalue weighted by atomic mass is 16.3. The molecule has 0 radical (unpaired) electrons. The maximum Gasteiger partial charge on any atom is 0.119 e. The monoisotopic (exact) mass is 382 g/mol. The lowest BCUT2D eigenvalue weighted by Gasteiger charge is -2.34. The Morgan fingerprint density at radius 1 is 0.679 bits per heavy atom. The number of rotatable bonds is 5. The molecule has 0 spiro atoms. The van der Waals surface area contributed by atoms with Crippen molar-refractivity contribution in [3.63, 3.8) is 0 Å². The van der Waals surface area contributed by atoms with E-state index in [1.165, 1.54) is 11.1 Å². The molecular weight excluding hydrogens is 344 g/mol. The molecule has 0 bridgehead atoms. The summed E-state index contributed by atoms with van der Waals surface area (Å²) in [6, 6.07) is 12.1. The number of phenols is 2. The van der Waals surface area contributed by atoms with Crippen LogP contribution < -0.4 is 0 Å². The maximum atomic E-state index is 10.4. The molecule has 0 saturated carbocycles. The number of hydrogen-bond donors (Lipinski definition) is 2. The first kappa shape index (κ1) is 22.3. The van der Waals surface area contributed by atoms with Crippen molar-refractivity contribution >= 4 is 0 Å². The van der Waals surface area contributed by atoms with Crippen LogP contribution in [0.5, 0.6) is 11.5 Å². The normalized spacial score (nSPS) is 13.0. The van der Waals surface area contributed by atoms with Gasteiger partial charge in [0.05, 0.1) is 0 Å². The molecule has 2 aromatic carbocycles. The molecule has 2 nitrogen and oxygen atoms in total. The average molecular weight is 383 g/mol. The van der Waals surface area contributed by atoms with Crippen molar-refractivity contribution in [2.24, 2.45) is 0 Å². The minimum Gasteiger partial charge on any atom is -0.508 e. The maximum absolute atomic E-state index is 10.4. The van der Waals surface area contributed by atoms with Gasteiger partial charge in [0.1, 0.15) is 11.5 Å². The molecule has 0 aromatic heterocycles. The minimum absolute atomic E-state index is 0.128. The lowest BCUT2D eigenvalue weighted by Crippen LogP contribution is -2.26. The summed E-state index contributed by atoms with van der Waals surface area (Å²) in [7, 11) is 0. The Labute approximate surface area is 171 Å². The van der Waals surface area contributed by atoms with Gasteiger partial charge in [-0.25, -0.2) is 0 Å².